The summed E-state index contributed by atoms with van der Waals surface area (Å²) in [6.07, 6.45) is 1.83. The Hall–Kier alpha value is -2.11. The Labute approximate surface area is 162 Å². The van der Waals surface area contributed by atoms with Gasteiger partial charge in [0.2, 0.25) is 5.91 Å². The number of nitrogens with zero attached hydrogens (tertiary/aromatic N) is 2. The second-order valence-corrected chi connectivity index (χ2v) is 9.22. The van der Waals surface area contributed by atoms with E-state index in [2.05, 4.69) is 11.4 Å². The maximum atomic E-state index is 12.1. The molecule has 1 rings (SSSR count). The van der Waals surface area contributed by atoms with Gasteiger partial charge in [0.15, 0.2) is 9.84 Å². The fourth-order valence-electron chi connectivity index (χ4n) is 2.27. The fraction of sp³-hybridized carbons (Fsp3) is 0.579. The Bertz CT molecular complexity index is 786. The van der Waals surface area contributed by atoms with Crippen molar-refractivity contribution in [2.45, 2.75) is 37.6 Å². The summed E-state index contributed by atoms with van der Waals surface area (Å²) in [6.45, 7) is 6.72. The van der Waals surface area contributed by atoms with Crippen LogP contribution in [0.15, 0.2) is 29.2 Å². The Morgan fingerprint density at radius 1 is 1.41 bits per heavy atom. The van der Waals surface area contributed by atoms with Gasteiger partial charge < -0.3 is 10.1 Å². The van der Waals surface area contributed by atoms with Crippen molar-refractivity contribution in [1.82, 2.24) is 10.2 Å². The summed E-state index contributed by atoms with van der Waals surface area (Å²) in [4.78, 5) is 14.2. The molecule has 1 amide bonds. The molecule has 150 valence electrons. The van der Waals surface area contributed by atoms with Crippen LogP contribution < -0.4 is 10.1 Å². The first kappa shape index (κ1) is 22.9. The number of carbonyl (C=O) groups excluding carboxylic acids is 1. The Kier molecular flexibility index (Phi) is 8.25. The quantitative estimate of drug-likeness (QED) is 0.607. The van der Waals surface area contributed by atoms with Crippen molar-refractivity contribution < 1.29 is 17.9 Å². The fourth-order valence-corrected chi connectivity index (χ4v) is 2.93. The number of nitriles is 1. The second-order valence-electron chi connectivity index (χ2n) is 7.20. The van der Waals surface area contributed by atoms with Crippen molar-refractivity contribution in [2.75, 3.05) is 33.0 Å². The topological polar surface area (TPSA) is 99.5 Å². The van der Waals surface area contributed by atoms with Crippen LogP contribution >= 0.6 is 0 Å². The molecule has 0 aliphatic heterocycles. The monoisotopic (exact) mass is 395 g/mol. The highest BCUT2D eigenvalue weighted by Crippen LogP contribution is 2.17. The van der Waals surface area contributed by atoms with Gasteiger partial charge in [0.05, 0.1) is 24.1 Å². The van der Waals surface area contributed by atoms with Gasteiger partial charge in [0.1, 0.15) is 11.3 Å². The average molecular weight is 396 g/mol. The number of hydrogen-bond donors (Lipinski definition) is 1. The number of rotatable bonds is 10. The smallest absolute Gasteiger partial charge is 0.235 e. The summed E-state index contributed by atoms with van der Waals surface area (Å²) in [5.74, 6) is 0.310. The molecule has 1 aromatic rings. The number of sulfone groups is 1. The largest absolute Gasteiger partial charge is 0.494 e. The van der Waals surface area contributed by atoms with Gasteiger partial charge in [0.25, 0.3) is 0 Å². The third kappa shape index (κ3) is 7.57. The van der Waals surface area contributed by atoms with Gasteiger partial charge >= 0.3 is 0 Å². The molecule has 1 unspecified atom stereocenters. The lowest BCUT2D eigenvalue weighted by Crippen LogP contribution is -2.51. The number of hydrogen-bond acceptors (Lipinski definition) is 6. The molecule has 1 N–H and O–H groups in total. The first-order chi connectivity index (χ1) is 12.5. The number of amides is 1. The zero-order valence-corrected chi connectivity index (χ0v) is 17.5. The first-order valence-corrected chi connectivity index (χ1v) is 10.7. The summed E-state index contributed by atoms with van der Waals surface area (Å²) in [5, 5.41) is 12.0. The lowest BCUT2D eigenvalue weighted by atomic mass is 9.90. The van der Waals surface area contributed by atoms with Crippen molar-refractivity contribution >= 4 is 15.7 Å². The van der Waals surface area contributed by atoms with Gasteiger partial charge in [-0.15, -0.1) is 0 Å². The number of benzene rings is 1. The Balaban J connectivity index is 2.41. The van der Waals surface area contributed by atoms with Gasteiger partial charge in [-0.1, -0.05) is 19.9 Å². The van der Waals surface area contributed by atoms with Crippen LogP contribution in [0.5, 0.6) is 5.75 Å². The third-order valence-corrected chi connectivity index (χ3v) is 5.50. The van der Waals surface area contributed by atoms with Crippen molar-refractivity contribution in [3.05, 3.63) is 24.3 Å². The highest BCUT2D eigenvalue weighted by Gasteiger charge is 2.30. The van der Waals surface area contributed by atoms with E-state index in [1.807, 2.05) is 25.8 Å². The maximum absolute atomic E-state index is 12.1. The first-order valence-electron chi connectivity index (χ1n) is 8.81. The molecule has 0 aliphatic rings. The molecule has 0 saturated carbocycles. The molecule has 0 spiro atoms. The van der Waals surface area contributed by atoms with E-state index >= 15 is 0 Å². The maximum Gasteiger partial charge on any atom is 0.235 e. The van der Waals surface area contributed by atoms with E-state index in [0.717, 1.165) is 6.26 Å². The molecular formula is C19H29N3O4S. The van der Waals surface area contributed by atoms with E-state index in [1.165, 1.54) is 12.1 Å². The molecule has 0 bridgehead atoms. The molecule has 1 aromatic carbocycles. The van der Waals surface area contributed by atoms with Gasteiger partial charge in [-0.3, -0.25) is 9.69 Å². The molecule has 7 nitrogen and oxygen atoms in total. The Morgan fingerprint density at radius 2 is 2.07 bits per heavy atom. The predicted octanol–water partition coefficient (Wildman–Crippen LogP) is 1.85. The van der Waals surface area contributed by atoms with Crippen LogP contribution in [-0.4, -0.2) is 57.8 Å². The summed E-state index contributed by atoms with van der Waals surface area (Å²) < 4.78 is 28.7. The average Bonchev–Trinajstić information content (AvgIpc) is 2.57. The normalized spacial score (nSPS) is 13.9. The van der Waals surface area contributed by atoms with Crippen molar-refractivity contribution in [3.63, 3.8) is 0 Å². The number of nitrogens with one attached hydrogen (secondary N) is 1. The van der Waals surface area contributed by atoms with E-state index in [0.29, 0.717) is 25.3 Å². The van der Waals surface area contributed by atoms with Crippen molar-refractivity contribution in [2.24, 2.45) is 5.92 Å². The molecule has 0 aliphatic carbocycles. The van der Waals surface area contributed by atoms with Crippen molar-refractivity contribution in [3.8, 4) is 11.8 Å². The van der Waals surface area contributed by atoms with Gasteiger partial charge in [-0.05, 0) is 44.5 Å². The molecule has 8 heteroatoms. The second kappa shape index (κ2) is 9.72. The SMILES string of the molecule is CC(C)C(C)(C#N)NC(=O)CN(C)CCCOc1cccc(S(C)(=O)=O)c1. The predicted molar refractivity (Wildman–Crippen MR) is 104 cm³/mol. The van der Waals surface area contributed by atoms with Gasteiger partial charge in [-0.25, -0.2) is 8.42 Å². The van der Waals surface area contributed by atoms with Crippen LogP contribution in [0.25, 0.3) is 0 Å². The number of carbonyl (C=O) groups is 1. The van der Waals surface area contributed by atoms with Crippen molar-refractivity contribution in [1.29, 1.82) is 5.26 Å². The number of ether oxygens (including phenoxy) is 1. The van der Waals surface area contributed by atoms with Crippen LogP contribution in [0.4, 0.5) is 0 Å². The molecule has 27 heavy (non-hydrogen) atoms. The van der Waals surface area contributed by atoms with E-state index in [1.54, 1.807) is 19.1 Å². The minimum Gasteiger partial charge on any atom is -0.494 e. The highest BCUT2D eigenvalue weighted by atomic mass is 32.2. The van der Waals surface area contributed by atoms with E-state index < -0.39 is 15.4 Å². The van der Waals surface area contributed by atoms with Crippen LogP contribution in [0.3, 0.4) is 0 Å². The number of likely N-dealkylation sites (N-methyl/N-ethyl adjacent to an activating group) is 1. The van der Waals surface area contributed by atoms with Gasteiger partial charge in [-0.2, -0.15) is 5.26 Å². The standard InChI is InChI=1S/C19H29N3O4S/c1-15(2)19(3,14-20)21-18(23)13-22(4)10-7-11-26-16-8-6-9-17(12-16)27(5,24)25/h6,8-9,12,15H,7,10-11,13H2,1-5H3,(H,21,23). The molecule has 1 atom stereocenters. The minimum absolute atomic E-state index is 0.00727. The highest BCUT2D eigenvalue weighted by molar-refractivity contribution is 7.90. The van der Waals surface area contributed by atoms with Crippen LogP contribution in [0.2, 0.25) is 0 Å². The van der Waals surface area contributed by atoms with Gasteiger partial charge in [0, 0.05) is 12.8 Å². The third-order valence-electron chi connectivity index (χ3n) is 4.39. The summed E-state index contributed by atoms with van der Waals surface area (Å²) >= 11 is 0. The minimum atomic E-state index is -3.26. The van der Waals surface area contributed by atoms with Crippen LogP contribution in [0, 0.1) is 17.2 Å². The molecule has 0 radical (unpaired) electrons. The van der Waals surface area contributed by atoms with Crippen LogP contribution in [0.1, 0.15) is 27.2 Å². The molecule has 0 saturated heterocycles. The Morgan fingerprint density at radius 3 is 2.63 bits per heavy atom. The zero-order valence-electron chi connectivity index (χ0n) is 16.7. The molecule has 0 fully saturated rings. The summed E-state index contributed by atoms with van der Waals surface area (Å²) in [6, 6.07) is 8.53. The molecular weight excluding hydrogens is 366 g/mol. The lowest BCUT2D eigenvalue weighted by Gasteiger charge is -2.28. The van der Waals surface area contributed by atoms with E-state index in [-0.39, 0.29) is 23.3 Å². The summed E-state index contributed by atoms with van der Waals surface area (Å²) in [7, 11) is -1.44. The van der Waals surface area contributed by atoms with Crippen LogP contribution in [-0.2, 0) is 14.6 Å². The van der Waals surface area contributed by atoms with E-state index in [9.17, 15) is 18.5 Å². The zero-order chi connectivity index (χ0) is 20.7. The molecule has 0 heterocycles. The summed E-state index contributed by atoms with van der Waals surface area (Å²) in [5.41, 5.74) is -0.883. The lowest BCUT2D eigenvalue weighted by molar-refractivity contribution is -0.123. The molecule has 0 aromatic heterocycles. The van der Waals surface area contributed by atoms with E-state index in [4.69, 9.17) is 4.74 Å².